The van der Waals surface area contributed by atoms with Gasteiger partial charge in [-0.1, -0.05) is 18.2 Å². The molecule has 0 spiro atoms. The van der Waals surface area contributed by atoms with E-state index < -0.39 is 5.91 Å². The van der Waals surface area contributed by atoms with Crippen LogP contribution in [0.25, 0.3) is 10.9 Å². The standard InChI is InChI=1S/C17H14N3O3/c1-23-12-6-4-5-11(9-12)10-18-17(22)15-19-14-8-3-2-7-13(14)16(21)20-15/h3-9H,10H2,1H3,(H,18,22)(H,19,20,21). The summed E-state index contributed by atoms with van der Waals surface area (Å²) < 4.78 is 5.13. The van der Waals surface area contributed by atoms with Gasteiger partial charge in [0.05, 0.1) is 18.0 Å². The zero-order chi connectivity index (χ0) is 16.2. The van der Waals surface area contributed by atoms with Gasteiger partial charge in [-0.2, -0.15) is 0 Å². The number of fused-ring (bicyclic) bond motifs is 1. The first-order valence-corrected chi connectivity index (χ1v) is 6.98. The van der Waals surface area contributed by atoms with Gasteiger partial charge < -0.3 is 15.0 Å². The summed E-state index contributed by atoms with van der Waals surface area (Å²) in [7, 11) is 1.58. The number of H-pyrrole nitrogens is 1. The molecule has 6 nitrogen and oxygen atoms in total. The topological polar surface area (TPSA) is 84.1 Å². The van der Waals surface area contributed by atoms with Gasteiger partial charge in [0.25, 0.3) is 11.5 Å². The molecule has 0 unspecified atom stereocenters. The van der Waals surface area contributed by atoms with E-state index in [2.05, 4.69) is 21.4 Å². The lowest BCUT2D eigenvalue weighted by atomic mass is 10.2. The Kier molecular flexibility index (Phi) is 4.05. The molecule has 6 heteroatoms. The molecule has 2 N–H and O–H groups in total. The lowest BCUT2D eigenvalue weighted by Crippen LogP contribution is -2.27. The third kappa shape index (κ3) is 3.21. The number of amides is 1. The summed E-state index contributed by atoms with van der Waals surface area (Å²) in [5, 5.41) is 3.12. The maximum absolute atomic E-state index is 12.2. The number of benzene rings is 2. The number of methoxy groups -OCH3 is 1. The summed E-state index contributed by atoms with van der Waals surface area (Å²) in [6.07, 6.45) is 0. The molecular weight excluding hydrogens is 294 g/mol. The van der Waals surface area contributed by atoms with E-state index >= 15 is 0 Å². The van der Waals surface area contributed by atoms with Crippen molar-refractivity contribution in [3.63, 3.8) is 0 Å². The lowest BCUT2D eigenvalue weighted by molar-refractivity contribution is 0.0940. The zero-order valence-electron chi connectivity index (χ0n) is 12.4. The molecule has 1 aromatic heterocycles. The fourth-order valence-corrected chi connectivity index (χ4v) is 2.18. The first-order chi connectivity index (χ1) is 11.2. The number of carbonyl (C=O) groups excluding carboxylic acids is 1. The molecule has 0 fully saturated rings. The average Bonchev–Trinajstić information content (AvgIpc) is 2.60. The van der Waals surface area contributed by atoms with Gasteiger partial charge in [-0.3, -0.25) is 9.59 Å². The van der Waals surface area contributed by atoms with Crippen LogP contribution in [0, 0.1) is 6.07 Å². The van der Waals surface area contributed by atoms with Gasteiger partial charge in [0, 0.05) is 6.54 Å². The molecule has 0 bridgehead atoms. The van der Waals surface area contributed by atoms with E-state index in [1.54, 1.807) is 25.3 Å². The Hall–Kier alpha value is -3.15. The average molecular weight is 308 g/mol. The van der Waals surface area contributed by atoms with Crippen LogP contribution in [-0.2, 0) is 6.54 Å². The molecule has 1 amide bonds. The molecule has 3 aromatic rings. The monoisotopic (exact) mass is 308 g/mol. The smallest absolute Gasteiger partial charge is 0.287 e. The Balaban J connectivity index is 1.79. The van der Waals surface area contributed by atoms with Crippen molar-refractivity contribution >= 4 is 16.8 Å². The Morgan fingerprint density at radius 1 is 1.39 bits per heavy atom. The fraction of sp³-hybridized carbons (Fsp3) is 0.118. The van der Waals surface area contributed by atoms with Crippen LogP contribution in [0.15, 0.2) is 47.3 Å². The lowest BCUT2D eigenvalue weighted by Gasteiger charge is -2.07. The third-order valence-corrected chi connectivity index (χ3v) is 3.35. The van der Waals surface area contributed by atoms with E-state index in [0.717, 1.165) is 5.56 Å². The Labute approximate surface area is 132 Å². The van der Waals surface area contributed by atoms with Crippen LogP contribution in [-0.4, -0.2) is 23.0 Å². The van der Waals surface area contributed by atoms with Crippen molar-refractivity contribution in [2.75, 3.05) is 7.11 Å². The second-order valence-corrected chi connectivity index (χ2v) is 4.89. The van der Waals surface area contributed by atoms with Gasteiger partial charge in [-0.25, -0.2) is 4.98 Å². The van der Waals surface area contributed by atoms with Gasteiger partial charge in [-0.05, 0) is 35.9 Å². The SMILES string of the molecule is COc1cccc(CNC(=O)c2nc3cc[c]cc3c(=O)[nH]2)c1. The van der Waals surface area contributed by atoms with Gasteiger partial charge >= 0.3 is 0 Å². The quantitative estimate of drug-likeness (QED) is 0.768. The number of hydrogen-bond acceptors (Lipinski definition) is 4. The largest absolute Gasteiger partial charge is 0.497 e. The van der Waals surface area contributed by atoms with Crippen molar-refractivity contribution in [2.45, 2.75) is 6.54 Å². The first-order valence-electron chi connectivity index (χ1n) is 6.98. The number of aromatic nitrogens is 2. The van der Waals surface area contributed by atoms with Gasteiger partial charge in [0.1, 0.15) is 5.75 Å². The fourth-order valence-electron chi connectivity index (χ4n) is 2.18. The number of hydrogen-bond donors (Lipinski definition) is 2. The molecule has 115 valence electrons. The molecule has 0 atom stereocenters. The van der Waals surface area contributed by atoms with Crippen LogP contribution >= 0.6 is 0 Å². The molecule has 23 heavy (non-hydrogen) atoms. The van der Waals surface area contributed by atoms with Crippen molar-refractivity contribution in [1.82, 2.24) is 15.3 Å². The van der Waals surface area contributed by atoms with Crippen LogP contribution in [0.2, 0.25) is 0 Å². The Bertz CT molecular complexity index is 918. The van der Waals surface area contributed by atoms with E-state index in [-0.39, 0.29) is 11.4 Å². The van der Waals surface area contributed by atoms with Crippen molar-refractivity contribution in [3.05, 3.63) is 70.3 Å². The molecule has 1 radical (unpaired) electrons. The minimum atomic E-state index is -0.445. The molecule has 0 saturated heterocycles. The number of nitrogens with one attached hydrogen (secondary N) is 2. The van der Waals surface area contributed by atoms with E-state index in [4.69, 9.17) is 4.74 Å². The van der Waals surface area contributed by atoms with Crippen LogP contribution in [0.1, 0.15) is 16.2 Å². The highest BCUT2D eigenvalue weighted by atomic mass is 16.5. The van der Waals surface area contributed by atoms with Gasteiger partial charge in [-0.15, -0.1) is 0 Å². The summed E-state index contributed by atoms with van der Waals surface area (Å²) in [6, 6.07) is 15.0. The highest BCUT2D eigenvalue weighted by Crippen LogP contribution is 2.12. The first kappa shape index (κ1) is 14.8. The molecule has 0 aliphatic rings. The molecule has 0 aliphatic carbocycles. The minimum Gasteiger partial charge on any atom is -0.497 e. The highest BCUT2D eigenvalue weighted by molar-refractivity contribution is 5.92. The number of nitrogens with zero attached hydrogens (tertiary/aromatic N) is 1. The molecular formula is C17H14N3O3. The Morgan fingerprint density at radius 3 is 3.09 bits per heavy atom. The molecule has 0 saturated carbocycles. The van der Waals surface area contributed by atoms with Crippen molar-refractivity contribution in [1.29, 1.82) is 0 Å². The second kappa shape index (κ2) is 6.31. The van der Waals surface area contributed by atoms with Crippen molar-refractivity contribution in [2.24, 2.45) is 0 Å². The molecule has 1 heterocycles. The summed E-state index contributed by atoms with van der Waals surface area (Å²) in [6.45, 7) is 0.306. The number of carbonyl (C=O) groups is 1. The molecule has 0 aliphatic heterocycles. The highest BCUT2D eigenvalue weighted by Gasteiger charge is 2.11. The van der Waals surface area contributed by atoms with E-state index in [9.17, 15) is 9.59 Å². The predicted molar refractivity (Wildman–Crippen MR) is 85.4 cm³/mol. The zero-order valence-corrected chi connectivity index (χ0v) is 12.4. The number of ether oxygens (including phenoxy) is 1. The number of aromatic amines is 1. The summed E-state index contributed by atoms with van der Waals surface area (Å²) in [5.41, 5.74) is 0.979. The summed E-state index contributed by atoms with van der Waals surface area (Å²) >= 11 is 0. The minimum absolute atomic E-state index is 0.0170. The van der Waals surface area contributed by atoms with Crippen molar-refractivity contribution < 1.29 is 9.53 Å². The van der Waals surface area contributed by atoms with Crippen LogP contribution in [0.5, 0.6) is 5.75 Å². The van der Waals surface area contributed by atoms with E-state index in [1.165, 1.54) is 0 Å². The molecule has 2 aromatic carbocycles. The third-order valence-electron chi connectivity index (χ3n) is 3.35. The summed E-state index contributed by atoms with van der Waals surface area (Å²) in [4.78, 5) is 30.8. The number of rotatable bonds is 4. The van der Waals surface area contributed by atoms with E-state index in [0.29, 0.717) is 23.2 Å². The Morgan fingerprint density at radius 2 is 2.26 bits per heavy atom. The van der Waals surface area contributed by atoms with Crippen LogP contribution < -0.4 is 15.6 Å². The maximum atomic E-state index is 12.2. The molecule has 3 rings (SSSR count). The van der Waals surface area contributed by atoms with Crippen molar-refractivity contribution in [3.8, 4) is 5.75 Å². The van der Waals surface area contributed by atoms with Gasteiger partial charge in [0.2, 0.25) is 0 Å². The normalized spacial score (nSPS) is 10.5. The van der Waals surface area contributed by atoms with Crippen LogP contribution in [0.3, 0.4) is 0 Å². The predicted octanol–water partition coefficient (Wildman–Crippen LogP) is 1.66. The second-order valence-electron chi connectivity index (χ2n) is 4.89. The maximum Gasteiger partial charge on any atom is 0.287 e. The van der Waals surface area contributed by atoms with Gasteiger partial charge in [0.15, 0.2) is 5.82 Å². The van der Waals surface area contributed by atoms with Crippen LogP contribution in [0.4, 0.5) is 0 Å². The van der Waals surface area contributed by atoms with E-state index in [1.807, 2.05) is 24.3 Å². The summed E-state index contributed by atoms with van der Waals surface area (Å²) in [5.74, 6) is 0.251.